The van der Waals surface area contributed by atoms with Gasteiger partial charge in [-0.3, -0.25) is 4.90 Å². The Kier molecular flexibility index (Phi) is 5.42. The van der Waals surface area contributed by atoms with Crippen LogP contribution in [0.4, 0.5) is 0 Å². The Bertz CT molecular complexity index is 540. The highest BCUT2D eigenvalue weighted by Gasteiger charge is 2.50. The van der Waals surface area contributed by atoms with E-state index in [1.165, 1.54) is 0 Å². The zero-order valence-electron chi connectivity index (χ0n) is 14.0. The molecule has 2 heterocycles. The summed E-state index contributed by atoms with van der Waals surface area (Å²) in [6.07, 6.45) is 6.20. The van der Waals surface area contributed by atoms with Crippen LogP contribution in [0.5, 0.6) is 0 Å². The van der Waals surface area contributed by atoms with E-state index in [0.717, 1.165) is 51.7 Å². The van der Waals surface area contributed by atoms with Gasteiger partial charge in [-0.2, -0.15) is 0 Å². The standard InChI is InChI=1S/C15H25N5O4/c1-23-15-4-3-12(24-10-14(21)22)9-13(15)19(8-5-15)6-2-7-20-11-16-17-18-20/h11-13H,2-10H2,1H3,(H,21,22)/t12-,13-,15+/m1/s1. The number of aliphatic carboxylic acids is 1. The fourth-order valence-electron chi connectivity index (χ4n) is 4.08. The van der Waals surface area contributed by atoms with Gasteiger partial charge in [0.05, 0.1) is 11.7 Å². The third-order valence-corrected chi connectivity index (χ3v) is 5.32. The molecule has 3 rings (SSSR count). The van der Waals surface area contributed by atoms with E-state index in [2.05, 4.69) is 20.4 Å². The van der Waals surface area contributed by atoms with Crippen LogP contribution in [0.15, 0.2) is 6.33 Å². The molecule has 24 heavy (non-hydrogen) atoms. The second kappa shape index (κ2) is 7.54. The van der Waals surface area contributed by atoms with Gasteiger partial charge in [0.2, 0.25) is 0 Å². The van der Waals surface area contributed by atoms with Gasteiger partial charge in [0.15, 0.2) is 0 Å². The van der Waals surface area contributed by atoms with Crippen LogP contribution >= 0.6 is 0 Å². The molecule has 0 bridgehead atoms. The summed E-state index contributed by atoms with van der Waals surface area (Å²) in [5, 5.41) is 20.0. The van der Waals surface area contributed by atoms with E-state index >= 15 is 0 Å². The lowest BCUT2D eigenvalue weighted by molar-refractivity contribution is -0.148. The number of likely N-dealkylation sites (tertiary alicyclic amines) is 1. The number of tetrazole rings is 1. The molecule has 1 saturated heterocycles. The number of hydrogen-bond acceptors (Lipinski definition) is 7. The van der Waals surface area contributed by atoms with E-state index in [0.29, 0.717) is 0 Å². The van der Waals surface area contributed by atoms with Gasteiger partial charge in [0, 0.05) is 32.8 Å². The molecule has 134 valence electrons. The maximum atomic E-state index is 10.7. The molecule has 2 aliphatic rings. The molecule has 1 aromatic heterocycles. The Hall–Kier alpha value is -1.58. The van der Waals surface area contributed by atoms with Gasteiger partial charge in [-0.1, -0.05) is 0 Å². The molecule has 0 amide bonds. The summed E-state index contributed by atoms with van der Waals surface area (Å²) in [6, 6.07) is 0.281. The highest BCUT2D eigenvalue weighted by Crippen LogP contribution is 2.43. The van der Waals surface area contributed by atoms with Crippen LogP contribution in [-0.2, 0) is 20.8 Å². The van der Waals surface area contributed by atoms with Crippen LogP contribution in [0, 0.1) is 0 Å². The molecule has 2 fully saturated rings. The highest BCUT2D eigenvalue weighted by molar-refractivity contribution is 5.68. The van der Waals surface area contributed by atoms with Crippen molar-refractivity contribution >= 4 is 5.97 Å². The number of fused-ring (bicyclic) bond motifs is 1. The first kappa shape index (κ1) is 17.2. The zero-order chi connectivity index (χ0) is 17.0. The number of methoxy groups -OCH3 is 1. The summed E-state index contributed by atoms with van der Waals surface area (Å²) in [5.74, 6) is -0.914. The number of aryl methyl sites for hydroxylation is 1. The van der Waals surface area contributed by atoms with Crippen LogP contribution in [0.25, 0.3) is 0 Å². The molecule has 1 saturated carbocycles. The van der Waals surface area contributed by atoms with Crippen LogP contribution in [0.2, 0.25) is 0 Å². The van der Waals surface area contributed by atoms with Gasteiger partial charge in [-0.25, -0.2) is 9.48 Å². The summed E-state index contributed by atoms with van der Waals surface area (Å²) in [4.78, 5) is 13.2. The van der Waals surface area contributed by atoms with Crippen molar-refractivity contribution in [3.8, 4) is 0 Å². The fourth-order valence-corrected chi connectivity index (χ4v) is 4.08. The summed E-state index contributed by atoms with van der Waals surface area (Å²) in [7, 11) is 1.79. The molecule has 0 radical (unpaired) electrons. The predicted octanol–water partition coefficient (Wildman–Crippen LogP) is 0.176. The van der Waals surface area contributed by atoms with Crippen molar-refractivity contribution in [2.45, 2.75) is 56.4 Å². The molecular formula is C15H25N5O4. The number of carbonyl (C=O) groups is 1. The van der Waals surface area contributed by atoms with Crippen molar-refractivity contribution in [1.29, 1.82) is 0 Å². The number of nitrogens with zero attached hydrogens (tertiary/aromatic N) is 5. The average molecular weight is 339 g/mol. The zero-order valence-corrected chi connectivity index (χ0v) is 14.0. The largest absolute Gasteiger partial charge is 0.480 e. The van der Waals surface area contributed by atoms with Crippen molar-refractivity contribution in [2.75, 3.05) is 26.8 Å². The van der Waals surface area contributed by atoms with E-state index in [1.807, 2.05) is 0 Å². The molecule has 3 atom stereocenters. The van der Waals surface area contributed by atoms with Gasteiger partial charge >= 0.3 is 5.97 Å². The van der Waals surface area contributed by atoms with Gasteiger partial charge < -0.3 is 14.6 Å². The molecule has 0 unspecified atom stereocenters. The first-order valence-electron chi connectivity index (χ1n) is 8.46. The van der Waals surface area contributed by atoms with Gasteiger partial charge in [-0.15, -0.1) is 5.10 Å². The van der Waals surface area contributed by atoms with Crippen LogP contribution in [0.1, 0.15) is 32.1 Å². The Morgan fingerprint density at radius 2 is 2.29 bits per heavy atom. The molecule has 9 nitrogen and oxygen atoms in total. The topological polar surface area (TPSA) is 103 Å². The quantitative estimate of drug-likeness (QED) is 0.715. The SMILES string of the molecule is CO[C@]12CC[C@@H](OCC(=O)O)C[C@H]1N(CCCn1cnnn1)CC2. The summed E-state index contributed by atoms with van der Waals surface area (Å²) in [5.41, 5.74) is -0.113. The van der Waals surface area contributed by atoms with Crippen molar-refractivity contribution in [3.63, 3.8) is 0 Å². The lowest BCUT2D eigenvalue weighted by Gasteiger charge is -2.43. The van der Waals surface area contributed by atoms with Gasteiger partial charge in [0.25, 0.3) is 0 Å². The highest BCUT2D eigenvalue weighted by atomic mass is 16.5. The Labute approximate surface area is 140 Å². The average Bonchev–Trinajstić information content (AvgIpc) is 3.21. The number of ether oxygens (including phenoxy) is 2. The van der Waals surface area contributed by atoms with E-state index in [4.69, 9.17) is 14.6 Å². The molecule has 0 spiro atoms. The second-order valence-electron chi connectivity index (χ2n) is 6.60. The number of hydrogen-bond donors (Lipinski definition) is 1. The van der Waals surface area contributed by atoms with E-state index < -0.39 is 5.97 Å². The third-order valence-electron chi connectivity index (χ3n) is 5.32. The maximum absolute atomic E-state index is 10.7. The monoisotopic (exact) mass is 339 g/mol. The Morgan fingerprint density at radius 3 is 3.00 bits per heavy atom. The van der Waals surface area contributed by atoms with Crippen molar-refractivity contribution < 1.29 is 19.4 Å². The fraction of sp³-hybridized carbons (Fsp3) is 0.867. The molecule has 1 N–H and O–H groups in total. The molecule has 1 aliphatic heterocycles. The molecule has 1 aliphatic carbocycles. The maximum Gasteiger partial charge on any atom is 0.329 e. The Balaban J connectivity index is 1.55. The second-order valence-corrected chi connectivity index (χ2v) is 6.60. The number of carboxylic acid groups (broad SMARTS) is 1. The van der Waals surface area contributed by atoms with Gasteiger partial charge in [0.1, 0.15) is 12.9 Å². The minimum atomic E-state index is -0.914. The lowest BCUT2D eigenvalue weighted by atomic mass is 9.79. The number of carboxylic acids is 1. The van der Waals surface area contributed by atoms with E-state index in [9.17, 15) is 4.79 Å². The van der Waals surface area contributed by atoms with E-state index in [-0.39, 0.29) is 24.4 Å². The van der Waals surface area contributed by atoms with Crippen molar-refractivity contribution in [2.24, 2.45) is 0 Å². The smallest absolute Gasteiger partial charge is 0.329 e. The van der Waals surface area contributed by atoms with Crippen LogP contribution in [0.3, 0.4) is 0 Å². The molecule has 1 aromatic rings. The Morgan fingerprint density at radius 1 is 1.42 bits per heavy atom. The normalized spacial score (nSPS) is 30.4. The molecular weight excluding hydrogens is 314 g/mol. The van der Waals surface area contributed by atoms with Crippen molar-refractivity contribution in [1.82, 2.24) is 25.1 Å². The first-order valence-corrected chi connectivity index (χ1v) is 8.46. The molecule has 9 heteroatoms. The summed E-state index contributed by atoms with van der Waals surface area (Å²) < 4.78 is 13.2. The number of aromatic nitrogens is 4. The minimum absolute atomic E-state index is 0.00510. The number of rotatable bonds is 8. The van der Waals surface area contributed by atoms with E-state index in [1.54, 1.807) is 18.1 Å². The molecule has 0 aromatic carbocycles. The summed E-state index contributed by atoms with van der Waals surface area (Å²) in [6.45, 7) is 2.51. The van der Waals surface area contributed by atoms with Crippen LogP contribution < -0.4 is 0 Å². The predicted molar refractivity (Wildman–Crippen MR) is 83.4 cm³/mol. The minimum Gasteiger partial charge on any atom is -0.480 e. The van der Waals surface area contributed by atoms with Crippen molar-refractivity contribution in [3.05, 3.63) is 6.33 Å². The summed E-state index contributed by atoms with van der Waals surface area (Å²) >= 11 is 0. The third kappa shape index (κ3) is 3.73. The van der Waals surface area contributed by atoms with Crippen LogP contribution in [-0.4, -0.2) is 80.7 Å². The lowest BCUT2D eigenvalue weighted by Crippen LogP contribution is -2.52. The van der Waals surface area contributed by atoms with Gasteiger partial charge in [-0.05, 0) is 42.5 Å². The first-order chi connectivity index (χ1) is 11.6.